The lowest BCUT2D eigenvalue weighted by Crippen LogP contribution is -2.60. The number of pyridine rings is 1. The third-order valence-electron chi connectivity index (χ3n) is 7.35. The zero-order chi connectivity index (χ0) is 28.2. The number of hydrogen-bond acceptors (Lipinski definition) is 7. The van der Waals surface area contributed by atoms with Gasteiger partial charge in [-0.05, 0) is 55.7 Å². The SMILES string of the molecule is Cc1cc(N2CC(O)(c3ccc(OCc4c(-c5c(Cl)cccc5Cl)noc4C4CC4)cc3Cl)C2)ncc1C(=O)O. The number of aromatic carboxylic acids is 1. The van der Waals surface area contributed by atoms with Gasteiger partial charge >= 0.3 is 5.97 Å². The van der Waals surface area contributed by atoms with Crippen LogP contribution in [0.3, 0.4) is 0 Å². The molecular weight excluding hydrogens is 577 g/mol. The van der Waals surface area contributed by atoms with E-state index in [9.17, 15) is 15.0 Å². The zero-order valence-electron chi connectivity index (χ0n) is 21.3. The Morgan fingerprint density at radius 1 is 1.12 bits per heavy atom. The number of carboxylic acid groups (broad SMARTS) is 1. The molecule has 0 amide bonds. The summed E-state index contributed by atoms with van der Waals surface area (Å²) in [7, 11) is 0. The maximum Gasteiger partial charge on any atom is 0.337 e. The molecule has 2 aromatic heterocycles. The number of carboxylic acids is 1. The molecule has 1 saturated carbocycles. The van der Waals surface area contributed by atoms with Gasteiger partial charge in [0, 0.05) is 23.2 Å². The second-order valence-corrected chi connectivity index (χ2v) is 11.4. The summed E-state index contributed by atoms with van der Waals surface area (Å²) in [4.78, 5) is 17.4. The summed E-state index contributed by atoms with van der Waals surface area (Å²) in [5, 5.41) is 26.1. The lowest BCUT2D eigenvalue weighted by Gasteiger charge is -2.47. The molecule has 1 aliphatic carbocycles. The molecule has 2 aromatic carbocycles. The van der Waals surface area contributed by atoms with Crippen molar-refractivity contribution in [1.82, 2.24) is 10.1 Å². The largest absolute Gasteiger partial charge is 0.489 e. The van der Waals surface area contributed by atoms with Gasteiger partial charge in [-0.25, -0.2) is 9.78 Å². The minimum Gasteiger partial charge on any atom is -0.489 e. The van der Waals surface area contributed by atoms with Crippen LogP contribution in [0.1, 0.15) is 51.6 Å². The van der Waals surface area contributed by atoms with Crippen LogP contribution in [0.5, 0.6) is 5.75 Å². The molecule has 2 aliphatic rings. The average Bonchev–Trinajstić information content (AvgIpc) is 3.65. The summed E-state index contributed by atoms with van der Waals surface area (Å²) >= 11 is 19.5. The molecule has 2 N–H and O–H groups in total. The Bertz CT molecular complexity index is 1610. The number of benzene rings is 2. The van der Waals surface area contributed by atoms with Gasteiger partial charge in [0.1, 0.15) is 35.2 Å². The fourth-order valence-electron chi connectivity index (χ4n) is 5.02. The van der Waals surface area contributed by atoms with Crippen LogP contribution >= 0.6 is 34.8 Å². The number of halogens is 3. The molecular formula is C29H24Cl3N3O5. The highest BCUT2D eigenvalue weighted by atomic mass is 35.5. The minimum atomic E-state index is -1.18. The average molecular weight is 601 g/mol. The van der Waals surface area contributed by atoms with Gasteiger partial charge in [-0.2, -0.15) is 0 Å². The van der Waals surface area contributed by atoms with E-state index in [0.29, 0.717) is 54.9 Å². The van der Waals surface area contributed by atoms with Crippen molar-refractivity contribution in [2.45, 2.75) is 37.9 Å². The number of rotatable bonds is 8. The fraction of sp³-hybridized carbons (Fsp3) is 0.276. The molecule has 8 nitrogen and oxygen atoms in total. The van der Waals surface area contributed by atoms with Crippen molar-refractivity contribution in [3.05, 3.63) is 91.7 Å². The van der Waals surface area contributed by atoms with Crippen LogP contribution < -0.4 is 9.64 Å². The van der Waals surface area contributed by atoms with Crippen LogP contribution in [0.25, 0.3) is 11.3 Å². The number of aliphatic hydroxyl groups is 1. The van der Waals surface area contributed by atoms with Gasteiger partial charge in [-0.15, -0.1) is 0 Å². The first-order valence-corrected chi connectivity index (χ1v) is 13.8. The molecule has 0 radical (unpaired) electrons. The number of carbonyl (C=O) groups is 1. The molecule has 0 bridgehead atoms. The van der Waals surface area contributed by atoms with Crippen molar-refractivity contribution in [3.8, 4) is 17.0 Å². The normalized spacial score (nSPS) is 16.1. The summed E-state index contributed by atoms with van der Waals surface area (Å²) in [6, 6.07) is 12.2. The topological polar surface area (TPSA) is 109 Å². The zero-order valence-corrected chi connectivity index (χ0v) is 23.6. The van der Waals surface area contributed by atoms with E-state index < -0.39 is 11.6 Å². The maximum absolute atomic E-state index is 11.3. The van der Waals surface area contributed by atoms with E-state index in [1.165, 1.54) is 6.20 Å². The molecule has 3 heterocycles. The van der Waals surface area contributed by atoms with Gasteiger partial charge in [-0.3, -0.25) is 0 Å². The summed E-state index contributed by atoms with van der Waals surface area (Å²) in [6.07, 6.45) is 3.37. The Balaban J connectivity index is 1.18. The van der Waals surface area contributed by atoms with E-state index in [0.717, 1.165) is 24.2 Å². The van der Waals surface area contributed by atoms with Crippen LogP contribution in [0.15, 0.2) is 53.2 Å². The number of aromatic nitrogens is 2. The molecule has 4 aromatic rings. The van der Waals surface area contributed by atoms with Crippen LogP contribution in [0.2, 0.25) is 15.1 Å². The highest BCUT2D eigenvalue weighted by Gasteiger charge is 2.45. The molecule has 1 saturated heterocycles. The number of hydrogen-bond donors (Lipinski definition) is 2. The standard InChI is InChI=1S/C29H24Cl3N3O5/c1-15-9-24(33-11-18(15)28(36)37)35-13-29(38,14-35)20-8-7-17(10-23(20)32)39-12-19-26(34-40-27(19)16-5-6-16)25-21(30)3-2-4-22(25)31/h2-4,7-11,16,38H,5-6,12-14H2,1H3,(H,36,37). The van der Waals surface area contributed by atoms with Crippen molar-refractivity contribution >= 4 is 46.6 Å². The van der Waals surface area contributed by atoms with Crippen molar-refractivity contribution in [3.63, 3.8) is 0 Å². The van der Waals surface area contributed by atoms with Crippen molar-refractivity contribution in [2.24, 2.45) is 0 Å². The van der Waals surface area contributed by atoms with E-state index in [1.807, 2.05) is 4.90 Å². The third kappa shape index (κ3) is 4.90. The predicted molar refractivity (Wildman–Crippen MR) is 152 cm³/mol. The van der Waals surface area contributed by atoms with Crippen LogP contribution in [0, 0.1) is 6.92 Å². The third-order valence-corrected chi connectivity index (χ3v) is 8.29. The monoisotopic (exact) mass is 599 g/mol. The van der Waals surface area contributed by atoms with E-state index in [1.54, 1.807) is 49.4 Å². The smallest absolute Gasteiger partial charge is 0.337 e. The summed E-state index contributed by atoms with van der Waals surface area (Å²) in [5.74, 6) is 1.16. The van der Waals surface area contributed by atoms with Gasteiger partial charge in [0.05, 0.1) is 39.3 Å². The van der Waals surface area contributed by atoms with E-state index in [-0.39, 0.29) is 25.3 Å². The number of aryl methyl sites for hydroxylation is 1. The molecule has 2 fully saturated rings. The van der Waals surface area contributed by atoms with Crippen LogP contribution in [-0.2, 0) is 12.2 Å². The Morgan fingerprint density at radius 2 is 1.85 bits per heavy atom. The number of ether oxygens (including phenoxy) is 1. The Labute approximate surface area is 245 Å². The van der Waals surface area contributed by atoms with Gasteiger partial charge in [0.2, 0.25) is 0 Å². The Hall–Kier alpha value is -3.30. The molecule has 6 rings (SSSR count). The predicted octanol–water partition coefficient (Wildman–Crippen LogP) is 6.87. The molecule has 0 unspecified atom stereocenters. The lowest BCUT2D eigenvalue weighted by atomic mass is 9.86. The summed E-state index contributed by atoms with van der Waals surface area (Å²) < 4.78 is 11.8. The number of nitrogens with zero attached hydrogens (tertiary/aromatic N) is 3. The van der Waals surface area contributed by atoms with E-state index in [2.05, 4.69) is 10.1 Å². The van der Waals surface area contributed by atoms with Crippen molar-refractivity contribution in [2.75, 3.05) is 18.0 Å². The summed E-state index contributed by atoms with van der Waals surface area (Å²) in [5.41, 5.74) is 2.10. The second kappa shape index (κ2) is 10.3. The number of anilines is 1. The van der Waals surface area contributed by atoms with Gasteiger partial charge in [0.25, 0.3) is 0 Å². The number of β-amino-alcohol motifs (C(OH)–C–C–N with tert-alkyl or cyclic N) is 1. The molecule has 11 heteroatoms. The maximum atomic E-state index is 11.3. The molecule has 1 aliphatic heterocycles. The van der Waals surface area contributed by atoms with Crippen LogP contribution in [0.4, 0.5) is 5.82 Å². The Morgan fingerprint density at radius 3 is 2.48 bits per heavy atom. The first-order chi connectivity index (χ1) is 19.1. The highest BCUT2D eigenvalue weighted by molar-refractivity contribution is 6.39. The molecule has 206 valence electrons. The molecule has 0 spiro atoms. The van der Waals surface area contributed by atoms with E-state index in [4.69, 9.17) is 44.1 Å². The first kappa shape index (κ1) is 26.9. The molecule has 0 atom stereocenters. The highest BCUT2D eigenvalue weighted by Crippen LogP contribution is 2.46. The second-order valence-electron chi connectivity index (χ2n) is 10.2. The van der Waals surface area contributed by atoms with Gasteiger partial charge in [0.15, 0.2) is 0 Å². The molecule has 40 heavy (non-hydrogen) atoms. The van der Waals surface area contributed by atoms with Crippen LogP contribution in [-0.4, -0.2) is 39.4 Å². The van der Waals surface area contributed by atoms with Gasteiger partial charge in [-0.1, -0.05) is 52.1 Å². The van der Waals surface area contributed by atoms with Crippen molar-refractivity contribution in [1.29, 1.82) is 0 Å². The summed E-state index contributed by atoms with van der Waals surface area (Å²) in [6.45, 7) is 2.42. The lowest BCUT2D eigenvalue weighted by molar-refractivity contribution is 0.00709. The quantitative estimate of drug-likeness (QED) is 0.226. The van der Waals surface area contributed by atoms with E-state index >= 15 is 0 Å². The van der Waals surface area contributed by atoms with Gasteiger partial charge < -0.3 is 24.4 Å². The van der Waals surface area contributed by atoms with Crippen molar-refractivity contribution < 1.29 is 24.3 Å². The fourth-order valence-corrected chi connectivity index (χ4v) is 5.95. The Kier molecular flexibility index (Phi) is 6.91. The first-order valence-electron chi connectivity index (χ1n) is 12.7. The minimum absolute atomic E-state index is 0.149.